The molecule has 2 nitrogen and oxygen atoms in total. The molecule has 1 aromatic heterocycles. The second kappa shape index (κ2) is 5.56. The van der Waals surface area contributed by atoms with E-state index in [0.717, 1.165) is 23.3 Å². The van der Waals surface area contributed by atoms with Gasteiger partial charge in [0.25, 0.3) is 0 Å². The molecule has 0 radical (unpaired) electrons. The van der Waals surface area contributed by atoms with Crippen LogP contribution in [0.3, 0.4) is 0 Å². The lowest BCUT2D eigenvalue weighted by Gasteiger charge is -1.99. The molecule has 1 heterocycles. The lowest BCUT2D eigenvalue weighted by Crippen LogP contribution is -1.94. The van der Waals surface area contributed by atoms with Crippen LogP contribution in [0.25, 0.3) is 0 Å². The van der Waals surface area contributed by atoms with Crippen molar-refractivity contribution in [1.82, 2.24) is 4.98 Å². The van der Waals surface area contributed by atoms with E-state index in [4.69, 9.17) is 5.73 Å². The van der Waals surface area contributed by atoms with Gasteiger partial charge in [-0.05, 0) is 18.7 Å². The van der Waals surface area contributed by atoms with Gasteiger partial charge in [-0.3, -0.25) is 0 Å². The van der Waals surface area contributed by atoms with Gasteiger partial charge in [-0.1, -0.05) is 18.8 Å². The Morgan fingerprint density at radius 1 is 1.57 bits per heavy atom. The molecule has 0 saturated carbocycles. The van der Waals surface area contributed by atoms with Crippen molar-refractivity contribution in [2.45, 2.75) is 24.7 Å². The van der Waals surface area contributed by atoms with Gasteiger partial charge < -0.3 is 5.73 Å². The van der Waals surface area contributed by atoms with E-state index in [9.17, 15) is 0 Å². The van der Waals surface area contributed by atoms with Gasteiger partial charge in [-0.25, -0.2) is 4.98 Å². The Hall–Kier alpha value is -1.14. The summed E-state index contributed by atoms with van der Waals surface area (Å²) in [4.78, 5) is 5.18. The minimum Gasteiger partial charge on any atom is -0.383 e. The van der Waals surface area contributed by atoms with Crippen molar-refractivity contribution in [1.29, 1.82) is 0 Å². The van der Waals surface area contributed by atoms with Crippen LogP contribution in [-0.4, -0.2) is 11.2 Å². The van der Waals surface area contributed by atoms with Gasteiger partial charge in [0.15, 0.2) is 0 Å². The van der Waals surface area contributed by atoms with Gasteiger partial charge in [0.05, 0.1) is 5.56 Å². The van der Waals surface area contributed by atoms with Crippen molar-refractivity contribution in [3.8, 4) is 11.8 Å². The van der Waals surface area contributed by atoms with Crippen LogP contribution in [-0.2, 0) is 0 Å². The number of nitrogen functional groups attached to an aromatic ring is 1. The predicted molar refractivity (Wildman–Crippen MR) is 62.2 cm³/mol. The van der Waals surface area contributed by atoms with Crippen LogP contribution in [0, 0.1) is 11.8 Å². The van der Waals surface area contributed by atoms with Crippen LogP contribution in [0.4, 0.5) is 5.82 Å². The first-order chi connectivity index (χ1) is 6.77. The second-order valence-electron chi connectivity index (χ2n) is 2.86. The van der Waals surface area contributed by atoms with Crippen molar-refractivity contribution in [2.24, 2.45) is 0 Å². The fourth-order valence-electron chi connectivity index (χ4n) is 0.951. The van der Waals surface area contributed by atoms with Crippen LogP contribution < -0.4 is 5.73 Å². The molecule has 0 unspecified atom stereocenters. The highest BCUT2D eigenvalue weighted by atomic mass is 32.2. The normalized spacial score (nSPS) is 9.29. The molecule has 0 amide bonds. The number of rotatable bonds is 2. The fraction of sp³-hybridized carbons (Fsp3) is 0.364. The molecule has 0 aromatic carbocycles. The summed E-state index contributed by atoms with van der Waals surface area (Å²) in [6, 6.07) is 1.98. The Morgan fingerprint density at radius 3 is 3.00 bits per heavy atom. The molecule has 3 heteroatoms. The summed E-state index contributed by atoms with van der Waals surface area (Å²) in [5.41, 5.74) is 6.54. The Morgan fingerprint density at radius 2 is 2.36 bits per heavy atom. The molecule has 14 heavy (non-hydrogen) atoms. The zero-order valence-electron chi connectivity index (χ0n) is 8.50. The molecule has 2 N–H and O–H groups in total. The van der Waals surface area contributed by atoms with Crippen LogP contribution in [0.15, 0.2) is 17.2 Å². The molecule has 0 fully saturated rings. The highest BCUT2D eigenvalue weighted by molar-refractivity contribution is 7.98. The number of nitrogens with zero attached hydrogens (tertiary/aromatic N) is 1. The summed E-state index contributed by atoms with van der Waals surface area (Å²) in [5.74, 6) is 6.62. The van der Waals surface area contributed by atoms with Crippen LogP contribution in [0.2, 0.25) is 0 Å². The van der Waals surface area contributed by atoms with E-state index in [1.54, 1.807) is 18.0 Å². The SMILES string of the molecule is CCCC#Cc1cc(SC)cnc1N. The molecule has 0 spiro atoms. The lowest BCUT2D eigenvalue weighted by atomic mass is 10.2. The summed E-state index contributed by atoms with van der Waals surface area (Å²) in [7, 11) is 0. The number of pyridine rings is 1. The van der Waals surface area contributed by atoms with E-state index in [1.807, 2.05) is 12.3 Å². The summed E-state index contributed by atoms with van der Waals surface area (Å²) < 4.78 is 0. The van der Waals surface area contributed by atoms with Gasteiger partial charge in [-0.15, -0.1) is 11.8 Å². The van der Waals surface area contributed by atoms with Crippen LogP contribution in [0.5, 0.6) is 0 Å². The summed E-state index contributed by atoms with van der Waals surface area (Å²) >= 11 is 1.65. The van der Waals surface area contributed by atoms with E-state index >= 15 is 0 Å². The zero-order chi connectivity index (χ0) is 10.4. The predicted octanol–water partition coefficient (Wildman–Crippen LogP) is 2.54. The van der Waals surface area contributed by atoms with E-state index in [2.05, 4.69) is 23.7 Å². The molecule has 0 atom stereocenters. The molecule has 74 valence electrons. The molecular weight excluding hydrogens is 192 g/mol. The van der Waals surface area contributed by atoms with Crippen molar-refractivity contribution < 1.29 is 0 Å². The van der Waals surface area contributed by atoms with Crippen LogP contribution >= 0.6 is 11.8 Å². The molecule has 0 aliphatic rings. The monoisotopic (exact) mass is 206 g/mol. The number of nitrogens with two attached hydrogens (primary N) is 1. The number of hydrogen-bond donors (Lipinski definition) is 1. The minimum absolute atomic E-state index is 0.520. The molecule has 0 aliphatic carbocycles. The number of aromatic nitrogens is 1. The topological polar surface area (TPSA) is 38.9 Å². The fourth-order valence-corrected chi connectivity index (χ4v) is 1.34. The number of thioether (sulfide) groups is 1. The van der Waals surface area contributed by atoms with Crippen molar-refractivity contribution in [3.63, 3.8) is 0 Å². The Balaban J connectivity index is 2.91. The third-order valence-corrected chi connectivity index (χ3v) is 2.42. The molecule has 1 rings (SSSR count). The van der Waals surface area contributed by atoms with Gasteiger partial charge >= 0.3 is 0 Å². The van der Waals surface area contributed by atoms with Crippen molar-refractivity contribution in [3.05, 3.63) is 17.8 Å². The number of hydrogen-bond acceptors (Lipinski definition) is 3. The molecule has 0 aliphatic heterocycles. The van der Waals surface area contributed by atoms with Gasteiger partial charge in [-0.2, -0.15) is 0 Å². The van der Waals surface area contributed by atoms with Gasteiger partial charge in [0.2, 0.25) is 0 Å². The Bertz CT molecular complexity index is 363. The smallest absolute Gasteiger partial charge is 0.139 e. The lowest BCUT2D eigenvalue weighted by molar-refractivity contribution is 0.983. The highest BCUT2D eigenvalue weighted by Crippen LogP contribution is 2.17. The third kappa shape index (κ3) is 2.97. The summed E-state index contributed by atoms with van der Waals surface area (Å²) in [5, 5.41) is 0. The molecule has 0 saturated heterocycles. The first-order valence-corrected chi connectivity index (χ1v) is 5.78. The molecular formula is C11H14N2S. The Labute approximate surface area is 89.3 Å². The largest absolute Gasteiger partial charge is 0.383 e. The maximum absolute atomic E-state index is 5.70. The maximum Gasteiger partial charge on any atom is 0.139 e. The first kappa shape index (κ1) is 10.9. The van der Waals surface area contributed by atoms with Crippen LogP contribution in [0.1, 0.15) is 25.3 Å². The zero-order valence-corrected chi connectivity index (χ0v) is 9.32. The Kier molecular flexibility index (Phi) is 4.34. The standard InChI is InChI=1S/C11H14N2S/c1-3-4-5-6-9-7-10(14-2)8-13-11(9)12/h7-8H,3-4H2,1-2H3,(H2,12,13). The number of anilines is 1. The average molecular weight is 206 g/mol. The quantitative estimate of drug-likeness (QED) is 0.597. The highest BCUT2D eigenvalue weighted by Gasteiger charge is 1.98. The number of unbranched alkanes of at least 4 members (excludes halogenated alkanes) is 1. The second-order valence-corrected chi connectivity index (χ2v) is 3.74. The average Bonchev–Trinajstić information content (AvgIpc) is 2.21. The third-order valence-electron chi connectivity index (χ3n) is 1.73. The van der Waals surface area contributed by atoms with Gasteiger partial charge in [0.1, 0.15) is 5.82 Å². The molecule has 0 bridgehead atoms. The van der Waals surface area contributed by atoms with Gasteiger partial charge in [0, 0.05) is 17.5 Å². The van der Waals surface area contributed by atoms with E-state index in [-0.39, 0.29) is 0 Å². The van der Waals surface area contributed by atoms with E-state index in [1.165, 1.54) is 0 Å². The first-order valence-electron chi connectivity index (χ1n) is 4.56. The van der Waals surface area contributed by atoms with Crippen molar-refractivity contribution >= 4 is 17.6 Å². The minimum atomic E-state index is 0.520. The van der Waals surface area contributed by atoms with E-state index in [0.29, 0.717) is 5.82 Å². The summed E-state index contributed by atoms with van der Waals surface area (Å²) in [6.45, 7) is 2.11. The molecule has 1 aromatic rings. The summed E-state index contributed by atoms with van der Waals surface area (Å²) in [6.07, 6.45) is 5.76. The maximum atomic E-state index is 5.70. The van der Waals surface area contributed by atoms with Crippen molar-refractivity contribution in [2.75, 3.05) is 12.0 Å². The van der Waals surface area contributed by atoms with E-state index < -0.39 is 0 Å².